The van der Waals surface area contributed by atoms with Gasteiger partial charge in [-0.15, -0.1) is 10.2 Å². The lowest BCUT2D eigenvalue weighted by Gasteiger charge is -2.13. The van der Waals surface area contributed by atoms with Crippen LogP contribution in [0.2, 0.25) is 0 Å². The van der Waals surface area contributed by atoms with Crippen molar-refractivity contribution in [1.82, 2.24) is 10.2 Å². The molecule has 1 aromatic carbocycles. The Labute approximate surface area is 124 Å². The average Bonchev–Trinajstić information content (AvgIpc) is 2.97. The Morgan fingerprint density at radius 2 is 1.81 bits per heavy atom. The van der Waals surface area contributed by atoms with E-state index in [0.717, 1.165) is 29.7 Å². The summed E-state index contributed by atoms with van der Waals surface area (Å²) >= 11 is 0. The third-order valence-electron chi connectivity index (χ3n) is 3.37. The second-order valence-electron chi connectivity index (χ2n) is 5.21. The van der Waals surface area contributed by atoms with E-state index in [1.165, 1.54) is 0 Å². The first-order chi connectivity index (χ1) is 10.1. The summed E-state index contributed by atoms with van der Waals surface area (Å²) in [7, 11) is 0. The normalized spacial score (nSPS) is 10.9. The van der Waals surface area contributed by atoms with Crippen LogP contribution >= 0.6 is 0 Å². The maximum absolute atomic E-state index is 12.3. The van der Waals surface area contributed by atoms with Gasteiger partial charge < -0.3 is 9.73 Å². The number of rotatable bonds is 5. The highest BCUT2D eigenvalue weighted by Gasteiger charge is 2.18. The van der Waals surface area contributed by atoms with E-state index in [1.54, 1.807) is 0 Å². The summed E-state index contributed by atoms with van der Waals surface area (Å²) < 4.78 is 5.39. The number of anilines is 1. The molecule has 0 saturated carbocycles. The summed E-state index contributed by atoms with van der Waals surface area (Å²) in [6.45, 7) is 8.01. The number of para-hydroxylation sites is 1. The number of amides is 1. The molecule has 0 bridgehead atoms. The van der Waals surface area contributed by atoms with E-state index in [9.17, 15) is 4.79 Å². The highest BCUT2D eigenvalue weighted by atomic mass is 16.4. The van der Waals surface area contributed by atoms with E-state index in [-0.39, 0.29) is 17.7 Å². The quantitative estimate of drug-likeness (QED) is 0.912. The predicted octanol–water partition coefficient (Wildman–Crippen LogP) is 3.57. The number of carbonyl (C=O) groups is 1. The third-order valence-corrected chi connectivity index (χ3v) is 3.37. The van der Waals surface area contributed by atoms with Gasteiger partial charge in [0, 0.05) is 11.6 Å². The van der Waals surface area contributed by atoms with Crippen molar-refractivity contribution in [3.05, 3.63) is 41.1 Å². The van der Waals surface area contributed by atoms with Gasteiger partial charge in [-0.25, -0.2) is 0 Å². The van der Waals surface area contributed by atoms with Crippen molar-refractivity contribution in [2.45, 2.75) is 46.5 Å². The van der Waals surface area contributed by atoms with Crippen molar-refractivity contribution in [2.75, 3.05) is 5.32 Å². The Morgan fingerprint density at radius 1 is 1.19 bits per heavy atom. The average molecular weight is 287 g/mol. The molecule has 0 spiro atoms. The molecule has 1 aromatic heterocycles. The fourth-order valence-electron chi connectivity index (χ4n) is 2.13. The van der Waals surface area contributed by atoms with Gasteiger partial charge in [0.25, 0.3) is 0 Å². The van der Waals surface area contributed by atoms with Crippen LogP contribution in [0, 0.1) is 0 Å². The minimum absolute atomic E-state index is 0.00617. The topological polar surface area (TPSA) is 68.0 Å². The van der Waals surface area contributed by atoms with Crippen LogP contribution in [-0.2, 0) is 12.8 Å². The van der Waals surface area contributed by atoms with E-state index < -0.39 is 0 Å². The van der Waals surface area contributed by atoms with Gasteiger partial charge >= 0.3 is 11.8 Å². The number of benzene rings is 1. The van der Waals surface area contributed by atoms with Gasteiger partial charge in [-0.05, 0) is 24.0 Å². The SMILES string of the molecule is CCc1cccc(CC)c1NC(=O)c1nnc(C(C)C)o1. The Bertz CT molecular complexity index is 610. The van der Waals surface area contributed by atoms with Crippen LogP contribution in [0.1, 0.15) is 61.3 Å². The van der Waals surface area contributed by atoms with E-state index in [2.05, 4.69) is 29.4 Å². The molecule has 5 nitrogen and oxygen atoms in total. The Morgan fingerprint density at radius 3 is 2.29 bits per heavy atom. The molecule has 5 heteroatoms. The van der Waals surface area contributed by atoms with Crippen LogP contribution in [-0.4, -0.2) is 16.1 Å². The molecule has 0 aliphatic rings. The zero-order valence-corrected chi connectivity index (χ0v) is 12.9. The Hall–Kier alpha value is -2.17. The monoisotopic (exact) mass is 287 g/mol. The molecule has 0 atom stereocenters. The first-order valence-electron chi connectivity index (χ1n) is 7.32. The second-order valence-corrected chi connectivity index (χ2v) is 5.21. The van der Waals surface area contributed by atoms with Gasteiger partial charge in [-0.1, -0.05) is 45.9 Å². The predicted molar refractivity (Wildman–Crippen MR) is 81.5 cm³/mol. The van der Waals surface area contributed by atoms with Crippen LogP contribution in [0.5, 0.6) is 0 Å². The van der Waals surface area contributed by atoms with Gasteiger partial charge in [0.15, 0.2) is 0 Å². The van der Waals surface area contributed by atoms with Crippen molar-refractivity contribution in [2.24, 2.45) is 0 Å². The molecule has 0 aliphatic carbocycles. The van der Waals surface area contributed by atoms with E-state index in [1.807, 2.05) is 32.0 Å². The maximum Gasteiger partial charge on any atom is 0.313 e. The number of nitrogens with zero attached hydrogens (tertiary/aromatic N) is 2. The molecule has 0 aliphatic heterocycles. The Balaban J connectivity index is 2.26. The molecule has 1 amide bonds. The van der Waals surface area contributed by atoms with Gasteiger partial charge in [0.2, 0.25) is 5.89 Å². The molecule has 1 heterocycles. The number of carbonyl (C=O) groups excluding carboxylic acids is 1. The fourth-order valence-corrected chi connectivity index (χ4v) is 2.13. The fraction of sp³-hybridized carbons (Fsp3) is 0.438. The Kier molecular flexibility index (Phi) is 4.73. The summed E-state index contributed by atoms with van der Waals surface area (Å²) in [6, 6.07) is 6.04. The molecule has 0 radical (unpaired) electrons. The number of hydrogen-bond donors (Lipinski definition) is 1. The van der Waals surface area contributed by atoms with Crippen molar-refractivity contribution < 1.29 is 9.21 Å². The van der Waals surface area contributed by atoms with Crippen LogP contribution in [0.25, 0.3) is 0 Å². The molecule has 2 rings (SSSR count). The molecular formula is C16H21N3O2. The van der Waals surface area contributed by atoms with Crippen molar-refractivity contribution >= 4 is 11.6 Å². The summed E-state index contributed by atoms with van der Waals surface area (Å²) in [6.07, 6.45) is 1.70. The molecule has 1 N–H and O–H groups in total. The summed E-state index contributed by atoms with van der Waals surface area (Å²) in [4.78, 5) is 12.3. The standard InChI is InChI=1S/C16H21N3O2/c1-5-11-8-7-9-12(6-2)13(11)17-14(20)16-19-18-15(21-16)10(3)4/h7-10H,5-6H2,1-4H3,(H,17,20). The van der Waals surface area contributed by atoms with E-state index in [0.29, 0.717) is 5.89 Å². The third kappa shape index (κ3) is 3.29. The van der Waals surface area contributed by atoms with Crippen molar-refractivity contribution in [3.63, 3.8) is 0 Å². The molecule has 0 unspecified atom stereocenters. The minimum Gasteiger partial charge on any atom is -0.417 e. The van der Waals surface area contributed by atoms with Crippen LogP contribution in [0.3, 0.4) is 0 Å². The van der Waals surface area contributed by atoms with Gasteiger partial charge in [-0.3, -0.25) is 4.79 Å². The largest absolute Gasteiger partial charge is 0.417 e. The molecule has 112 valence electrons. The summed E-state index contributed by atoms with van der Waals surface area (Å²) in [5.41, 5.74) is 3.06. The zero-order chi connectivity index (χ0) is 15.4. The number of hydrogen-bond acceptors (Lipinski definition) is 4. The number of aryl methyl sites for hydroxylation is 2. The van der Waals surface area contributed by atoms with Gasteiger partial charge in [0.05, 0.1) is 0 Å². The lowest BCUT2D eigenvalue weighted by Crippen LogP contribution is -2.15. The highest BCUT2D eigenvalue weighted by Crippen LogP contribution is 2.23. The molecule has 0 fully saturated rings. The maximum atomic E-state index is 12.3. The molecule has 0 saturated heterocycles. The first kappa shape index (κ1) is 15.2. The van der Waals surface area contributed by atoms with Crippen LogP contribution in [0.15, 0.2) is 22.6 Å². The van der Waals surface area contributed by atoms with Crippen molar-refractivity contribution in [1.29, 1.82) is 0 Å². The van der Waals surface area contributed by atoms with Gasteiger partial charge in [-0.2, -0.15) is 0 Å². The number of aromatic nitrogens is 2. The second kappa shape index (κ2) is 6.52. The van der Waals surface area contributed by atoms with E-state index in [4.69, 9.17) is 4.42 Å². The van der Waals surface area contributed by atoms with E-state index >= 15 is 0 Å². The highest BCUT2D eigenvalue weighted by molar-refractivity contribution is 6.01. The lowest BCUT2D eigenvalue weighted by molar-refractivity contribution is 0.0988. The number of nitrogens with one attached hydrogen (secondary N) is 1. The van der Waals surface area contributed by atoms with Crippen molar-refractivity contribution in [3.8, 4) is 0 Å². The molecule has 21 heavy (non-hydrogen) atoms. The lowest BCUT2D eigenvalue weighted by atomic mass is 10.0. The minimum atomic E-state index is -0.356. The zero-order valence-electron chi connectivity index (χ0n) is 12.9. The molecule has 2 aromatic rings. The summed E-state index contributed by atoms with van der Waals surface area (Å²) in [5, 5.41) is 10.6. The first-order valence-corrected chi connectivity index (χ1v) is 7.32. The van der Waals surface area contributed by atoms with Crippen LogP contribution in [0.4, 0.5) is 5.69 Å². The van der Waals surface area contributed by atoms with Crippen LogP contribution < -0.4 is 5.32 Å². The smallest absolute Gasteiger partial charge is 0.313 e. The summed E-state index contributed by atoms with van der Waals surface area (Å²) in [5.74, 6) is 0.226. The molecular weight excluding hydrogens is 266 g/mol. The van der Waals surface area contributed by atoms with Gasteiger partial charge in [0.1, 0.15) is 0 Å².